The van der Waals surface area contributed by atoms with E-state index in [-0.39, 0.29) is 35.3 Å². The molecule has 2 aliphatic heterocycles. The molecule has 1 unspecified atom stereocenters. The average molecular weight is 539 g/mol. The van der Waals surface area contributed by atoms with Crippen LogP contribution in [0, 0.1) is 28.5 Å². The Morgan fingerprint density at radius 2 is 1.90 bits per heavy atom. The fraction of sp³-hybridized carbons (Fsp3) is 0.562. The third kappa shape index (κ3) is 5.36. The Labute approximate surface area is 230 Å². The Bertz CT molecular complexity index is 1200. The number of carbonyl (C=O) groups is 2. The number of cyclic esters (lactones) is 1. The van der Waals surface area contributed by atoms with E-state index in [0.717, 1.165) is 25.7 Å². The van der Waals surface area contributed by atoms with Gasteiger partial charge in [-0.15, -0.1) is 0 Å². The van der Waals surface area contributed by atoms with Crippen LogP contribution in [0.1, 0.15) is 65.4 Å². The summed E-state index contributed by atoms with van der Waals surface area (Å²) in [7, 11) is 0. The minimum absolute atomic E-state index is 0.00346. The van der Waals surface area contributed by atoms with E-state index in [2.05, 4.69) is 20.4 Å². The summed E-state index contributed by atoms with van der Waals surface area (Å²) >= 11 is 0. The molecule has 0 N–H and O–H groups in total. The Morgan fingerprint density at radius 3 is 2.64 bits per heavy atom. The topological polar surface area (TPSA) is 71.1 Å². The molecular formula is C32H39FO6. The first kappa shape index (κ1) is 27.8. The first-order chi connectivity index (χ1) is 18.4. The third-order valence-corrected chi connectivity index (χ3v) is 9.53. The molecule has 39 heavy (non-hydrogen) atoms. The maximum Gasteiger partial charge on any atom is 0.337 e. The lowest BCUT2D eigenvalue weighted by atomic mass is 9.46. The first-order valence-corrected chi connectivity index (χ1v) is 13.9. The predicted molar refractivity (Wildman–Crippen MR) is 145 cm³/mol. The molecule has 2 saturated carbocycles. The molecule has 1 aromatic rings. The predicted octanol–water partition coefficient (Wildman–Crippen LogP) is 6.16. The molecule has 2 heterocycles. The zero-order chi connectivity index (χ0) is 28.0. The number of hydrogen-bond donors (Lipinski definition) is 0. The highest BCUT2D eigenvalue weighted by molar-refractivity contribution is 5.93. The summed E-state index contributed by atoms with van der Waals surface area (Å²) in [5.41, 5.74) is 2.15. The molecule has 0 amide bonds. The SMILES string of the molecule is C=C1CCC2[C@]3(C)COC(C)(C)O[C@@H]3CC[C@@]2(C)[C@@H]1C/C=C1/C(=O)OC[C@H]1OC(=O)/C=C/c1ccc(F)cc1. The standard InChI is InChI=1S/C32H39FO6/c1-20-6-14-26-31(4,17-16-27-32(26,5)19-37-30(2,3)39-27)24(20)13-12-23-25(18-36-29(23)35)38-28(34)15-9-21-7-10-22(33)11-8-21/h7-12,15,24-27H,1,6,13-14,16-19H2,2-5H3/b15-9+,23-12+/t24-,25-,26?,27-,31+,32+/m1/s1. The number of halogens is 1. The van der Waals surface area contributed by atoms with Gasteiger partial charge in [-0.05, 0) is 87.0 Å². The molecule has 1 aromatic carbocycles. The van der Waals surface area contributed by atoms with Crippen molar-refractivity contribution in [3.63, 3.8) is 0 Å². The van der Waals surface area contributed by atoms with Gasteiger partial charge in [-0.1, -0.05) is 44.2 Å². The van der Waals surface area contributed by atoms with E-state index in [1.807, 2.05) is 19.9 Å². The lowest BCUT2D eigenvalue weighted by Crippen LogP contribution is -2.62. The summed E-state index contributed by atoms with van der Waals surface area (Å²) in [5.74, 6) is -1.38. The van der Waals surface area contributed by atoms with Gasteiger partial charge in [-0.3, -0.25) is 0 Å². The molecule has 6 nitrogen and oxygen atoms in total. The second-order valence-corrected chi connectivity index (χ2v) is 12.5. The number of fused-ring (bicyclic) bond motifs is 3. The van der Waals surface area contributed by atoms with Gasteiger partial charge in [-0.2, -0.15) is 0 Å². The van der Waals surface area contributed by atoms with E-state index >= 15 is 0 Å². The molecular weight excluding hydrogens is 499 g/mol. The van der Waals surface area contributed by atoms with Crippen molar-refractivity contribution < 1.29 is 32.9 Å². The van der Waals surface area contributed by atoms with Gasteiger partial charge in [0.05, 0.1) is 18.3 Å². The van der Waals surface area contributed by atoms with Crippen LogP contribution in [0.2, 0.25) is 0 Å². The molecule has 0 radical (unpaired) electrons. The summed E-state index contributed by atoms with van der Waals surface area (Å²) < 4.78 is 36.5. The minimum Gasteiger partial charge on any atom is -0.458 e. The van der Waals surface area contributed by atoms with Crippen LogP contribution < -0.4 is 0 Å². The smallest absolute Gasteiger partial charge is 0.337 e. The number of esters is 2. The van der Waals surface area contributed by atoms with Crippen molar-refractivity contribution in [3.05, 3.63) is 65.5 Å². The van der Waals surface area contributed by atoms with Crippen molar-refractivity contribution in [1.82, 2.24) is 0 Å². The van der Waals surface area contributed by atoms with Crippen LogP contribution in [0.3, 0.4) is 0 Å². The highest BCUT2D eigenvalue weighted by Crippen LogP contribution is 2.63. The molecule has 4 fully saturated rings. The van der Waals surface area contributed by atoms with Gasteiger partial charge in [0.2, 0.25) is 0 Å². The van der Waals surface area contributed by atoms with Gasteiger partial charge < -0.3 is 18.9 Å². The molecule has 5 rings (SSSR count). The minimum atomic E-state index is -0.765. The van der Waals surface area contributed by atoms with E-state index in [4.69, 9.17) is 18.9 Å². The maximum absolute atomic E-state index is 13.1. The monoisotopic (exact) mass is 538 g/mol. The van der Waals surface area contributed by atoms with Gasteiger partial charge >= 0.3 is 11.9 Å². The molecule has 7 heteroatoms. The van der Waals surface area contributed by atoms with Crippen LogP contribution in [0.4, 0.5) is 4.39 Å². The van der Waals surface area contributed by atoms with Crippen LogP contribution in [0.15, 0.2) is 54.1 Å². The number of allylic oxidation sites excluding steroid dienone is 2. The molecule has 6 atom stereocenters. The Kier molecular flexibility index (Phi) is 7.36. The second-order valence-electron chi connectivity index (χ2n) is 12.5. The highest BCUT2D eigenvalue weighted by atomic mass is 19.1. The molecule has 2 aliphatic carbocycles. The van der Waals surface area contributed by atoms with Crippen LogP contribution in [-0.2, 0) is 28.5 Å². The quantitative estimate of drug-likeness (QED) is 0.254. The number of ether oxygens (including phenoxy) is 4. The largest absolute Gasteiger partial charge is 0.458 e. The fourth-order valence-corrected chi connectivity index (χ4v) is 7.43. The van der Waals surface area contributed by atoms with Crippen molar-refractivity contribution in [2.45, 2.75) is 77.8 Å². The summed E-state index contributed by atoms with van der Waals surface area (Å²) in [5, 5.41) is 0. The summed E-state index contributed by atoms with van der Waals surface area (Å²) in [6, 6.07) is 5.78. The summed E-state index contributed by atoms with van der Waals surface area (Å²) in [6.45, 7) is 13.7. The number of hydrogen-bond acceptors (Lipinski definition) is 6. The Morgan fingerprint density at radius 1 is 1.15 bits per heavy atom. The van der Waals surface area contributed by atoms with Crippen molar-refractivity contribution >= 4 is 18.0 Å². The second kappa shape index (κ2) is 10.3. The Balaban J connectivity index is 1.30. The number of carbonyl (C=O) groups excluding carboxylic acids is 2. The molecule has 0 bridgehead atoms. The molecule has 210 valence electrons. The van der Waals surface area contributed by atoms with Gasteiger partial charge in [0, 0.05) is 11.5 Å². The van der Waals surface area contributed by atoms with Crippen LogP contribution in [-0.4, -0.2) is 43.1 Å². The summed E-state index contributed by atoms with van der Waals surface area (Å²) in [6.07, 6.45) is 8.68. The lowest BCUT2D eigenvalue weighted by molar-refractivity contribution is -0.344. The molecule has 2 saturated heterocycles. The fourth-order valence-electron chi connectivity index (χ4n) is 7.43. The molecule has 0 aromatic heterocycles. The van der Waals surface area contributed by atoms with Crippen molar-refractivity contribution in [2.75, 3.05) is 13.2 Å². The van der Waals surface area contributed by atoms with Gasteiger partial charge in [0.25, 0.3) is 0 Å². The van der Waals surface area contributed by atoms with Crippen molar-refractivity contribution in [2.24, 2.45) is 22.7 Å². The van der Waals surface area contributed by atoms with E-state index in [0.29, 0.717) is 30.1 Å². The lowest BCUT2D eigenvalue weighted by Gasteiger charge is -2.63. The highest BCUT2D eigenvalue weighted by Gasteiger charge is 2.60. The van der Waals surface area contributed by atoms with Crippen LogP contribution >= 0.6 is 0 Å². The maximum atomic E-state index is 13.1. The normalized spacial score (nSPS) is 36.9. The van der Waals surface area contributed by atoms with Crippen LogP contribution in [0.25, 0.3) is 6.08 Å². The van der Waals surface area contributed by atoms with E-state index in [9.17, 15) is 14.0 Å². The van der Waals surface area contributed by atoms with E-state index < -0.39 is 23.8 Å². The number of rotatable bonds is 5. The summed E-state index contributed by atoms with van der Waals surface area (Å²) in [4.78, 5) is 25.1. The van der Waals surface area contributed by atoms with E-state index in [1.54, 1.807) is 18.2 Å². The molecule has 4 aliphatic rings. The third-order valence-electron chi connectivity index (χ3n) is 9.53. The van der Waals surface area contributed by atoms with Crippen molar-refractivity contribution in [3.8, 4) is 0 Å². The molecule has 0 spiro atoms. The van der Waals surface area contributed by atoms with Gasteiger partial charge in [-0.25, -0.2) is 14.0 Å². The Hall–Kier alpha value is -2.77. The zero-order valence-corrected chi connectivity index (χ0v) is 23.3. The van der Waals surface area contributed by atoms with Gasteiger partial charge in [0.1, 0.15) is 12.4 Å². The first-order valence-electron chi connectivity index (χ1n) is 13.9. The number of benzene rings is 1. The van der Waals surface area contributed by atoms with Gasteiger partial charge in [0.15, 0.2) is 11.9 Å². The van der Waals surface area contributed by atoms with Crippen LogP contribution in [0.5, 0.6) is 0 Å². The average Bonchev–Trinajstić information content (AvgIpc) is 3.22. The van der Waals surface area contributed by atoms with Crippen molar-refractivity contribution in [1.29, 1.82) is 0 Å². The zero-order valence-electron chi connectivity index (χ0n) is 23.3. The van der Waals surface area contributed by atoms with E-state index in [1.165, 1.54) is 23.8 Å².